The van der Waals surface area contributed by atoms with E-state index in [0.717, 1.165) is 15.4 Å². The summed E-state index contributed by atoms with van der Waals surface area (Å²) >= 11 is 12.1. The number of hydrogen-bond acceptors (Lipinski definition) is 5. The molecular weight excluding hydrogens is 427 g/mol. The Labute approximate surface area is 182 Å². The SMILES string of the molecule is CC(=O)N1C(=O)N(c2cc(Cl)cc(Cl)c2)C(=O)C12CNCC2c1ccc(C#N)cc1. The molecule has 2 unspecified atom stereocenters. The van der Waals surface area contributed by atoms with E-state index < -0.39 is 29.3 Å². The zero-order chi connectivity index (χ0) is 21.6. The van der Waals surface area contributed by atoms with Crippen LogP contribution in [-0.2, 0) is 9.59 Å². The number of benzene rings is 2. The van der Waals surface area contributed by atoms with Gasteiger partial charge in [0.15, 0.2) is 5.54 Å². The molecule has 7 nitrogen and oxygen atoms in total. The third-order valence-corrected chi connectivity index (χ3v) is 5.97. The number of nitrogens with zero attached hydrogens (tertiary/aromatic N) is 3. The average Bonchev–Trinajstić information content (AvgIpc) is 3.21. The molecule has 2 aliphatic rings. The molecule has 4 amide bonds. The Balaban J connectivity index is 1.86. The summed E-state index contributed by atoms with van der Waals surface area (Å²) in [6.07, 6.45) is 0. The number of hydrogen-bond donors (Lipinski definition) is 1. The lowest BCUT2D eigenvalue weighted by molar-refractivity contribution is -0.136. The lowest BCUT2D eigenvalue weighted by atomic mass is 9.80. The topological polar surface area (TPSA) is 93.5 Å². The minimum absolute atomic E-state index is 0.118. The molecule has 0 radical (unpaired) electrons. The number of amides is 4. The van der Waals surface area contributed by atoms with Gasteiger partial charge in [-0.2, -0.15) is 5.26 Å². The minimum atomic E-state index is -1.42. The number of imide groups is 2. The zero-order valence-corrected chi connectivity index (χ0v) is 17.4. The van der Waals surface area contributed by atoms with E-state index in [2.05, 4.69) is 11.4 Å². The lowest BCUT2D eigenvalue weighted by Gasteiger charge is -2.34. The van der Waals surface area contributed by atoms with Gasteiger partial charge in [-0.25, -0.2) is 14.6 Å². The van der Waals surface area contributed by atoms with Crippen molar-refractivity contribution in [2.24, 2.45) is 0 Å². The Bertz CT molecular complexity index is 1090. The summed E-state index contributed by atoms with van der Waals surface area (Å²) < 4.78 is 0. The molecule has 1 spiro atoms. The third-order valence-electron chi connectivity index (χ3n) is 5.54. The van der Waals surface area contributed by atoms with Crippen LogP contribution in [0.5, 0.6) is 0 Å². The normalized spacial score (nSPS) is 23.3. The van der Waals surface area contributed by atoms with E-state index >= 15 is 0 Å². The number of carbonyl (C=O) groups is 3. The van der Waals surface area contributed by atoms with Crippen LogP contribution in [0.2, 0.25) is 10.0 Å². The number of carbonyl (C=O) groups excluding carboxylic acids is 3. The van der Waals surface area contributed by atoms with Gasteiger partial charge in [0.25, 0.3) is 5.91 Å². The lowest BCUT2D eigenvalue weighted by Crippen LogP contribution is -2.56. The summed E-state index contributed by atoms with van der Waals surface area (Å²) in [5.41, 5.74) is 0.00553. The van der Waals surface area contributed by atoms with Crippen LogP contribution in [0.1, 0.15) is 24.0 Å². The zero-order valence-electron chi connectivity index (χ0n) is 15.9. The van der Waals surface area contributed by atoms with Crippen molar-refractivity contribution in [3.05, 3.63) is 63.6 Å². The maximum Gasteiger partial charge on any atom is 0.339 e. The molecule has 0 aliphatic carbocycles. The molecule has 0 aromatic heterocycles. The number of anilines is 1. The number of halogens is 2. The number of rotatable bonds is 2. The van der Waals surface area contributed by atoms with Gasteiger partial charge in [0.05, 0.1) is 17.3 Å². The molecule has 2 saturated heterocycles. The molecule has 152 valence electrons. The molecule has 0 bridgehead atoms. The Hall–Kier alpha value is -2.92. The van der Waals surface area contributed by atoms with Crippen molar-refractivity contribution in [3.63, 3.8) is 0 Å². The van der Waals surface area contributed by atoms with Crippen LogP contribution in [0.3, 0.4) is 0 Å². The van der Waals surface area contributed by atoms with E-state index in [0.29, 0.717) is 12.1 Å². The summed E-state index contributed by atoms with van der Waals surface area (Å²) in [5.74, 6) is -1.54. The smallest absolute Gasteiger partial charge is 0.313 e. The average molecular weight is 443 g/mol. The van der Waals surface area contributed by atoms with Gasteiger partial charge in [-0.05, 0) is 35.9 Å². The molecule has 2 heterocycles. The third kappa shape index (κ3) is 2.96. The highest BCUT2D eigenvalue weighted by atomic mass is 35.5. The Morgan fingerprint density at radius 2 is 1.80 bits per heavy atom. The van der Waals surface area contributed by atoms with Crippen LogP contribution in [0, 0.1) is 11.3 Å². The first-order valence-corrected chi connectivity index (χ1v) is 9.91. The number of nitriles is 1. The summed E-state index contributed by atoms with van der Waals surface area (Å²) in [5, 5.41) is 12.7. The van der Waals surface area contributed by atoms with Gasteiger partial charge in [0, 0.05) is 36.0 Å². The molecule has 30 heavy (non-hydrogen) atoms. The highest BCUT2D eigenvalue weighted by Gasteiger charge is 2.65. The quantitative estimate of drug-likeness (QED) is 0.719. The van der Waals surface area contributed by atoms with E-state index in [1.54, 1.807) is 24.3 Å². The molecule has 2 aromatic carbocycles. The van der Waals surface area contributed by atoms with Crippen molar-refractivity contribution in [1.82, 2.24) is 10.2 Å². The molecule has 9 heteroatoms. The fraction of sp³-hybridized carbons (Fsp3) is 0.238. The summed E-state index contributed by atoms with van der Waals surface area (Å²) in [4.78, 5) is 41.5. The molecule has 0 saturated carbocycles. The van der Waals surface area contributed by atoms with Crippen molar-refractivity contribution in [2.45, 2.75) is 18.4 Å². The molecule has 2 aliphatic heterocycles. The fourth-order valence-corrected chi connectivity index (χ4v) is 4.82. The van der Waals surface area contributed by atoms with Gasteiger partial charge in [-0.15, -0.1) is 0 Å². The van der Waals surface area contributed by atoms with Crippen LogP contribution in [0.25, 0.3) is 0 Å². The second kappa shape index (κ2) is 7.40. The molecular formula is C21H16Cl2N4O3. The second-order valence-electron chi connectivity index (χ2n) is 7.25. The maximum absolute atomic E-state index is 13.7. The Morgan fingerprint density at radius 1 is 1.17 bits per heavy atom. The first kappa shape index (κ1) is 20.4. The van der Waals surface area contributed by atoms with Crippen LogP contribution in [0.15, 0.2) is 42.5 Å². The van der Waals surface area contributed by atoms with Gasteiger partial charge in [-0.3, -0.25) is 9.59 Å². The maximum atomic E-state index is 13.7. The molecule has 2 atom stereocenters. The van der Waals surface area contributed by atoms with Crippen molar-refractivity contribution >= 4 is 46.7 Å². The Morgan fingerprint density at radius 3 is 2.37 bits per heavy atom. The van der Waals surface area contributed by atoms with Crippen LogP contribution < -0.4 is 10.2 Å². The van der Waals surface area contributed by atoms with E-state index in [9.17, 15) is 14.4 Å². The van der Waals surface area contributed by atoms with Crippen LogP contribution >= 0.6 is 23.2 Å². The van der Waals surface area contributed by atoms with Gasteiger partial charge >= 0.3 is 6.03 Å². The van der Waals surface area contributed by atoms with Crippen molar-refractivity contribution in [2.75, 3.05) is 18.0 Å². The van der Waals surface area contributed by atoms with E-state index in [1.165, 1.54) is 25.1 Å². The molecule has 1 N–H and O–H groups in total. The molecule has 2 fully saturated rings. The van der Waals surface area contributed by atoms with Crippen LogP contribution in [-0.4, -0.2) is 41.4 Å². The molecule has 4 rings (SSSR count). The number of nitrogens with one attached hydrogen (secondary N) is 1. The minimum Gasteiger partial charge on any atom is -0.313 e. The highest BCUT2D eigenvalue weighted by Crippen LogP contribution is 2.44. The largest absolute Gasteiger partial charge is 0.339 e. The second-order valence-corrected chi connectivity index (χ2v) is 8.12. The predicted molar refractivity (Wildman–Crippen MR) is 111 cm³/mol. The van der Waals surface area contributed by atoms with E-state index in [4.69, 9.17) is 28.5 Å². The summed E-state index contributed by atoms with van der Waals surface area (Å²) in [6.45, 7) is 1.76. The van der Waals surface area contributed by atoms with Crippen molar-refractivity contribution in [1.29, 1.82) is 5.26 Å². The first-order valence-electron chi connectivity index (χ1n) is 9.16. The van der Waals surface area contributed by atoms with Gasteiger partial charge < -0.3 is 5.32 Å². The highest BCUT2D eigenvalue weighted by molar-refractivity contribution is 6.36. The standard InChI is InChI=1S/C21H16Cl2N4O3/c1-12(28)27-20(30)26(17-7-15(22)6-16(23)8-17)19(29)21(27)11-25-10-18(21)14-4-2-13(9-24)3-5-14/h2-8,18,25H,10-11H2,1H3. The van der Waals surface area contributed by atoms with Gasteiger partial charge in [0.1, 0.15) is 0 Å². The Kier molecular flexibility index (Phi) is 5.02. The van der Waals surface area contributed by atoms with E-state index in [-0.39, 0.29) is 22.3 Å². The first-order chi connectivity index (χ1) is 14.3. The van der Waals surface area contributed by atoms with Crippen LogP contribution in [0.4, 0.5) is 10.5 Å². The van der Waals surface area contributed by atoms with Crippen molar-refractivity contribution < 1.29 is 14.4 Å². The monoisotopic (exact) mass is 442 g/mol. The van der Waals surface area contributed by atoms with Gasteiger partial charge in [0.2, 0.25) is 5.91 Å². The van der Waals surface area contributed by atoms with Gasteiger partial charge in [-0.1, -0.05) is 35.3 Å². The van der Waals surface area contributed by atoms with E-state index in [1.807, 2.05) is 0 Å². The summed E-state index contributed by atoms with van der Waals surface area (Å²) in [7, 11) is 0. The number of urea groups is 1. The molecule has 2 aromatic rings. The summed E-state index contributed by atoms with van der Waals surface area (Å²) in [6, 6.07) is 12.5. The van der Waals surface area contributed by atoms with Crippen molar-refractivity contribution in [3.8, 4) is 6.07 Å². The predicted octanol–water partition coefficient (Wildman–Crippen LogP) is 3.31. The fourth-order valence-electron chi connectivity index (χ4n) is 4.30.